The molecule has 1 atom stereocenters. The molecule has 0 amide bonds. The zero-order valence-corrected chi connectivity index (χ0v) is 14.1. The second kappa shape index (κ2) is 5.03. The maximum absolute atomic E-state index is 5.89. The number of rotatable bonds is 4. The van der Waals surface area contributed by atoms with Gasteiger partial charge in [-0.25, -0.2) is 4.68 Å². The average molecular weight is 354 g/mol. The summed E-state index contributed by atoms with van der Waals surface area (Å²) >= 11 is 3.52. The van der Waals surface area contributed by atoms with Crippen LogP contribution in [-0.4, -0.2) is 15.0 Å². The van der Waals surface area contributed by atoms with Gasteiger partial charge in [-0.1, -0.05) is 5.21 Å². The van der Waals surface area contributed by atoms with Crippen molar-refractivity contribution in [2.24, 2.45) is 36.1 Å². The number of hydrazine groups is 1. The van der Waals surface area contributed by atoms with Gasteiger partial charge in [0.15, 0.2) is 4.60 Å². The molecule has 4 aliphatic carbocycles. The second-order valence-electron chi connectivity index (χ2n) is 7.73. The number of halogens is 1. The molecule has 3 N–H and O–H groups in total. The molecular formula is C15H24BrN5. The highest BCUT2D eigenvalue weighted by Crippen LogP contribution is 2.62. The van der Waals surface area contributed by atoms with E-state index in [0.717, 1.165) is 34.5 Å². The Morgan fingerprint density at radius 1 is 1.29 bits per heavy atom. The van der Waals surface area contributed by atoms with Gasteiger partial charge in [0.25, 0.3) is 0 Å². The summed E-state index contributed by atoms with van der Waals surface area (Å²) < 4.78 is 2.66. The molecular weight excluding hydrogens is 330 g/mol. The molecule has 1 aromatic heterocycles. The monoisotopic (exact) mass is 353 g/mol. The summed E-state index contributed by atoms with van der Waals surface area (Å²) in [6.07, 6.45) is 9.78. The van der Waals surface area contributed by atoms with E-state index < -0.39 is 0 Å². The summed E-state index contributed by atoms with van der Waals surface area (Å²) in [6.45, 7) is 0. The highest BCUT2D eigenvalue weighted by atomic mass is 79.9. The Morgan fingerprint density at radius 3 is 2.29 bits per heavy atom. The summed E-state index contributed by atoms with van der Waals surface area (Å²) in [5.74, 6) is 8.82. The third-order valence-electron chi connectivity index (χ3n) is 6.16. The van der Waals surface area contributed by atoms with Crippen molar-refractivity contribution in [3.63, 3.8) is 0 Å². The van der Waals surface area contributed by atoms with Crippen molar-refractivity contribution in [1.82, 2.24) is 20.4 Å². The molecule has 0 aromatic carbocycles. The first-order valence-electron chi connectivity index (χ1n) is 8.10. The van der Waals surface area contributed by atoms with Gasteiger partial charge in [0.1, 0.15) is 0 Å². The van der Waals surface area contributed by atoms with E-state index in [9.17, 15) is 0 Å². The Kier molecular flexibility index (Phi) is 3.39. The van der Waals surface area contributed by atoms with Gasteiger partial charge >= 0.3 is 0 Å². The standard InChI is InChI=1S/C15H24BrN5/c1-21-13(14(16)19-20-21)12(18-17)8-15-5-9-2-10(6-15)4-11(3-9)7-15/h9-12,18H,2-8,17H2,1H3. The minimum Gasteiger partial charge on any atom is -0.271 e. The lowest BCUT2D eigenvalue weighted by atomic mass is 9.48. The Bertz CT molecular complexity index is 485. The lowest BCUT2D eigenvalue weighted by molar-refractivity contribution is -0.0626. The number of hydrogen-bond acceptors (Lipinski definition) is 4. The molecule has 0 spiro atoms. The average Bonchev–Trinajstić information content (AvgIpc) is 2.74. The van der Waals surface area contributed by atoms with Crippen LogP contribution in [0, 0.1) is 23.2 Å². The predicted molar refractivity (Wildman–Crippen MR) is 84.0 cm³/mol. The zero-order chi connectivity index (χ0) is 14.6. The van der Waals surface area contributed by atoms with E-state index in [2.05, 4.69) is 31.7 Å². The van der Waals surface area contributed by atoms with E-state index in [1.54, 1.807) is 0 Å². The van der Waals surface area contributed by atoms with Gasteiger partial charge in [0, 0.05) is 7.05 Å². The van der Waals surface area contributed by atoms with Crippen LogP contribution in [0.1, 0.15) is 56.7 Å². The first kappa shape index (κ1) is 14.2. The Morgan fingerprint density at radius 2 is 1.86 bits per heavy atom. The molecule has 0 radical (unpaired) electrons. The fourth-order valence-electron chi connectivity index (χ4n) is 5.92. The molecule has 4 fully saturated rings. The summed E-state index contributed by atoms with van der Waals surface area (Å²) in [5.41, 5.74) is 4.60. The van der Waals surface area contributed by atoms with Crippen molar-refractivity contribution < 1.29 is 0 Å². The number of nitrogens with zero attached hydrogens (tertiary/aromatic N) is 3. The van der Waals surface area contributed by atoms with Crippen LogP contribution in [0.5, 0.6) is 0 Å². The quantitative estimate of drug-likeness (QED) is 0.644. The number of aromatic nitrogens is 3. The van der Waals surface area contributed by atoms with Gasteiger partial charge in [-0.05, 0) is 84.0 Å². The van der Waals surface area contributed by atoms with Crippen LogP contribution in [-0.2, 0) is 7.05 Å². The largest absolute Gasteiger partial charge is 0.271 e. The van der Waals surface area contributed by atoms with E-state index >= 15 is 0 Å². The SMILES string of the molecule is Cn1nnc(Br)c1C(CC12CC3CC(CC(C3)C1)C2)NN. The van der Waals surface area contributed by atoms with E-state index in [-0.39, 0.29) is 6.04 Å². The van der Waals surface area contributed by atoms with Crippen molar-refractivity contribution in [2.45, 2.75) is 51.0 Å². The maximum atomic E-state index is 5.89. The van der Waals surface area contributed by atoms with Gasteiger partial charge in [-0.2, -0.15) is 0 Å². The normalized spacial score (nSPS) is 38.9. The molecule has 5 nitrogen and oxygen atoms in total. The molecule has 1 unspecified atom stereocenters. The van der Waals surface area contributed by atoms with Crippen LogP contribution < -0.4 is 11.3 Å². The van der Waals surface area contributed by atoms with Crippen molar-refractivity contribution >= 4 is 15.9 Å². The van der Waals surface area contributed by atoms with Crippen LogP contribution in [0.3, 0.4) is 0 Å². The Labute approximate surface area is 134 Å². The van der Waals surface area contributed by atoms with Crippen molar-refractivity contribution in [1.29, 1.82) is 0 Å². The highest BCUT2D eigenvalue weighted by molar-refractivity contribution is 9.10. The van der Waals surface area contributed by atoms with E-state index in [1.165, 1.54) is 38.5 Å². The zero-order valence-electron chi connectivity index (χ0n) is 12.6. The molecule has 0 aliphatic heterocycles. The number of nitrogens with two attached hydrogens (primary N) is 1. The minimum atomic E-state index is 0.135. The van der Waals surface area contributed by atoms with E-state index in [0.29, 0.717) is 5.41 Å². The minimum absolute atomic E-state index is 0.135. The van der Waals surface area contributed by atoms with Crippen LogP contribution in [0.15, 0.2) is 4.60 Å². The molecule has 0 saturated heterocycles. The Hall–Kier alpha value is -0.460. The summed E-state index contributed by atoms with van der Waals surface area (Å²) in [7, 11) is 1.94. The topological polar surface area (TPSA) is 68.8 Å². The summed E-state index contributed by atoms with van der Waals surface area (Å²) in [5, 5.41) is 8.22. The number of aryl methyl sites for hydroxylation is 1. The Balaban J connectivity index is 1.59. The van der Waals surface area contributed by atoms with Crippen LogP contribution >= 0.6 is 15.9 Å². The van der Waals surface area contributed by atoms with Gasteiger partial charge in [-0.15, -0.1) is 5.10 Å². The maximum Gasteiger partial charge on any atom is 0.153 e. The van der Waals surface area contributed by atoms with Gasteiger partial charge in [0.05, 0.1) is 11.7 Å². The first-order valence-corrected chi connectivity index (χ1v) is 8.89. The molecule has 21 heavy (non-hydrogen) atoms. The van der Waals surface area contributed by atoms with Crippen molar-refractivity contribution in [2.75, 3.05) is 0 Å². The summed E-state index contributed by atoms with van der Waals surface area (Å²) in [4.78, 5) is 0. The second-order valence-corrected chi connectivity index (χ2v) is 8.48. The molecule has 4 aliphatic rings. The molecule has 1 heterocycles. The van der Waals surface area contributed by atoms with Crippen molar-refractivity contribution in [3.05, 3.63) is 10.3 Å². The molecule has 5 rings (SSSR count). The molecule has 1 aromatic rings. The molecule has 116 valence electrons. The fraction of sp³-hybridized carbons (Fsp3) is 0.867. The van der Waals surface area contributed by atoms with Gasteiger partial charge < -0.3 is 0 Å². The molecule has 6 heteroatoms. The highest BCUT2D eigenvalue weighted by Gasteiger charge is 2.51. The van der Waals surface area contributed by atoms with Gasteiger partial charge in [0.2, 0.25) is 0 Å². The molecule has 4 saturated carbocycles. The molecule has 4 bridgehead atoms. The van der Waals surface area contributed by atoms with E-state index in [1.807, 2.05) is 11.7 Å². The lowest BCUT2D eigenvalue weighted by Gasteiger charge is -2.57. The summed E-state index contributed by atoms with van der Waals surface area (Å²) in [6, 6.07) is 0.135. The third kappa shape index (κ3) is 2.35. The van der Waals surface area contributed by atoms with E-state index in [4.69, 9.17) is 5.84 Å². The predicted octanol–water partition coefficient (Wildman–Crippen LogP) is 2.69. The van der Waals surface area contributed by atoms with Crippen molar-refractivity contribution in [3.8, 4) is 0 Å². The number of hydrogen-bond donors (Lipinski definition) is 2. The van der Waals surface area contributed by atoms with Crippen LogP contribution in [0.25, 0.3) is 0 Å². The van der Waals surface area contributed by atoms with Gasteiger partial charge in [-0.3, -0.25) is 11.3 Å². The smallest absolute Gasteiger partial charge is 0.153 e. The first-order chi connectivity index (χ1) is 10.1. The number of nitrogens with one attached hydrogen (secondary N) is 1. The lowest BCUT2D eigenvalue weighted by Crippen LogP contribution is -2.48. The third-order valence-corrected chi connectivity index (χ3v) is 6.72. The fourth-order valence-corrected chi connectivity index (χ4v) is 6.52. The van der Waals surface area contributed by atoms with Crippen LogP contribution in [0.4, 0.5) is 0 Å². The van der Waals surface area contributed by atoms with Crippen LogP contribution in [0.2, 0.25) is 0 Å².